The summed E-state index contributed by atoms with van der Waals surface area (Å²) in [4.78, 5) is 25.5. The first-order valence-corrected chi connectivity index (χ1v) is 6.16. The van der Waals surface area contributed by atoms with Crippen LogP contribution in [0.1, 0.15) is 12.5 Å². The Hall–Kier alpha value is -1.75. The fourth-order valence-corrected chi connectivity index (χ4v) is 1.75. The smallest absolute Gasteiger partial charge is 0.326 e. The molecule has 0 aliphatic rings. The molecule has 0 fully saturated rings. The van der Waals surface area contributed by atoms with E-state index in [0.29, 0.717) is 11.6 Å². The number of benzene rings is 1. The van der Waals surface area contributed by atoms with Crippen LogP contribution in [0.3, 0.4) is 0 Å². The van der Waals surface area contributed by atoms with E-state index in [-0.39, 0.29) is 6.03 Å². The van der Waals surface area contributed by atoms with Gasteiger partial charge in [0, 0.05) is 25.7 Å². The summed E-state index contributed by atoms with van der Waals surface area (Å²) >= 11 is 6.02. The number of halogens is 1. The topological polar surface area (TPSA) is 60.9 Å². The normalized spacial score (nSPS) is 11.8. The maximum atomic E-state index is 12.1. The molecule has 1 aromatic carbocycles. The number of carboxylic acid groups (broad SMARTS) is 1. The van der Waals surface area contributed by atoms with E-state index in [9.17, 15) is 9.59 Å². The summed E-state index contributed by atoms with van der Waals surface area (Å²) < 4.78 is 0. The fraction of sp³-hybridized carbons (Fsp3) is 0.385. The lowest BCUT2D eigenvalue weighted by molar-refractivity contribution is -0.141. The van der Waals surface area contributed by atoms with E-state index >= 15 is 0 Å². The van der Waals surface area contributed by atoms with Gasteiger partial charge < -0.3 is 14.9 Å². The molecule has 0 spiro atoms. The van der Waals surface area contributed by atoms with Crippen LogP contribution in [0.5, 0.6) is 0 Å². The van der Waals surface area contributed by atoms with Crippen molar-refractivity contribution in [3.8, 4) is 0 Å². The third-order valence-corrected chi connectivity index (χ3v) is 3.30. The van der Waals surface area contributed by atoms with Gasteiger partial charge in [0.1, 0.15) is 6.04 Å². The number of carbonyl (C=O) groups is 2. The standard InChI is InChI=1S/C13H17ClN2O3/c1-9(12(17)18)16(3)13(19)15(2)8-10-6-4-5-7-11(10)14/h4-7,9H,8H2,1-3H3,(H,17,18). The zero-order valence-corrected chi connectivity index (χ0v) is 11.9. The van der Waals surface area contributed by atoms with Crippen LogP contribution < -0.4 is 0 Å². The zero-order valence-electron chi connectivity index (χ0n) is 11.1. The lowest BCUT2D eigenvalue weighted by atomic mass is 10.2. The second kappa shape index (κ2) is 6.43. The van der Waals surface area contributed by atoms with Gasteiger partial charge in [-0.25, -0.2) is 9.59 Å². The number of amides is 2. The summed E-state index contributed by atoms with van der Waals surface area (Å²) in [7, 11) is 3.07. The molecule has 1 aromatic rings. The monoisotopic (exact) mass is 284 g/mol. The molecule has 19 heavy (non-hydrogen) atoms. The third kappa shape index (κ3) is 3.86. The summed E-state index contributed by atoms with van der Waals surface area (Å²) in [6.45, 7) is 1.79. The number of carbonyl (C=O) groups excluding carboxylic acids is 1. The maximum Gasteiger partial charge on any atom is 0.326 e. The molecule has 0 aliphatic heterocycles. The first kappa shape index (κ1) is 15.3. The second-order valence-electron chi connectivity index (χ2n) is 4.36. The summed E-state index contributed by atoms with van der Waals surface area (Å²) in [5.41, 5.74) is 0.816. The number of hydrogen-bond donors (Lipinski definition) is 1. The molecule has 0 bridgehead atoms. The van der Waals surface area contributed by atoms with Crippen molar-refractivity contribution in [2.24, 2.45) is 0 Å². The Morgan fingerprint density at radius 2 is 1.89 bits per heavy atom. The first-order valence-electron chi connectivity index (χ1n) is 5.78. The van der Waals surface area contributed by atoms with E-state index in [1.54, 1.807) is 13.1 Å². The number of hydrogen-bond acceptors (Lipinski definition) is 2. The van der Waals surface area contributed by atoms with Crippen molar-refractivity contribution in [2.75, 3.05) is 14.1 Å². The van der Waals surface area contributed by atoms with Crippen LogP contribution in [0.25, 0.3) is 0 Å². The molecule has 0 aromatic heterocycles. The molecule has 1 atom stereocenters. The predicted molar refractivity (Wildman–Crippen MR) is 73.2 cm³/mol. The largest absolute Gasteiger partial charge is 0.480 e. The van der Waals surface area contributed by atoms with Crippen molar-refractivity contribution in [2.45, 2.75) is 19.5 Å². The Balaban J connectivity index is 2.73. The van der Waals surface area contributed by atoms with E-state index in [1.807, 2.05) is 18.2 Å². The minimum absolute atomic E-state index is 0.329. The lowest BCUT2D eigenvalue weighted by Gasteiger charge is -2.27. The highest BCUT2D eigenvalue weighted by Gasteiger charge is 2.24. The Kier molecular flexibility index (Phi) is 5.18. The number of likely N-dealkylation sites (N-methyl/N-ethyl adjacent to an activating group) is 1. The van der Waals surface area contributed by atoms with Crippen molar-refractivity contribution in [1.82, 2.24) is 9.80 Å². The SMILES string of the molecule is CC(C(=O)O)N(C)C(=O)N(C)Cc1ccccc1Cl. The van der Waals surface area contributed by atoms with Gasteiger partial charge in [-0.1, -0.05) is 29.8 Å². The fourth-order valence-electron chi connectivity index (χ4n) is 1.55. The zero-order chi connectivity index (χ0) is 14.6. The summed E-state index contributed by atoms with van der Waals surface area (Å²) in [6.07, 6.45) is 0. The Bertz CT molecular complexity index is 479. The first-order chi connectivity index (χ1) is 8.84. The van der Waals surface area contributed by atoms with E-state index in [4.69, 9.17) is 16.7 Å². The Labute approximate surface area is 117 Å². The Morgan fingerprint density at radius 1 is 1.32 bits per heavy atom. The van der Waals surface area contributed by atoms with Crippen LogP contribution in [0.15, 0.2) is 24.3 Å². The minimum Gasteiger partial charge on any atom is -0.480 e. The molecule has 0 radical (unpaired) electrons. The van der Waals surface area contributed by atoms with Crippen molar-refractivity contribution >= 4 is 23.6 Å². The van der Waals surface area contributed by atoms with Gasteiger partial charge in [-0.3, -0.25) is 0 Å². The molecule has 1 unspecified atom stereocenters. The van der Waals surface area contributed by atoms with Crippen LogP contribution in [0.4, 0.5) is 4.79 Å². The molecule has 5 nitrogen and oxygen atoms in total. The molecule has 2 amide bonds. The summed E-state index contributed by atoms with van der Waals surface area (Å²) in [6, 6.07) is 5.98. The number of nitrogens with zero attached hydrogens (tertiary/aromatic N) is 2. The van der Waals surface area contributed by atoms with Crippen LogP contribution in [-0.4, -0.2) is 47.0 Å². The summed E-state index contributed by atoms with van der Waals surface area (Å²) in [5, 5.41) is 9.46. The maximum absolute atomic E-state index is 12.1. The van der Waals surface area contributed by atoms with Crippen LogP contribution in [0.2, 0.25) is 5.02 Å². The number of carboxylic acids is 1. The van der Waals surface area contributed by atoms with Gasteiger partial charge in [0.25, 0.3) is 0 Å². The third-order valence-electron chi connectivity index (χ3n) is 2.93. The predicted octanol–water partition coefficient (Wildman–Crippen LogP) is 2.30. The molecule has 0 saturated heterocycles. The molecular weight excluding hydrogens is 268 g/mol. The van der Waals surface area contributed by atoms with Gasteiger partial charge in [0.2, 0.25) is 0 Å². The average molecular weight is 285 g/mol. The number of rotatable bonds is 4. The number of urea groups is 1. The highest BCUT2D eigenvalue weighted by molar-refractivity contribution is 6.31. The van der Waals surface area contributed by atoms with E-state index in [0.717, 1.165) is 5.56 Å². The minimum atomic E-state index is -1.04. The molecule has 0 saturated carbocycles. The molecule has 104 valence electrons. The van der Waals surface area contributed by atoms with Crippen molar-refractivity contribution in [3.63, 3.8) is 0 Å². The molecule has 1 rings (SSSR count). The molecule has 6 heteroatoms. The van der Waals surface area contributed by atoms with Gasteiger partial charge in [-0.15, -0.1) is 0 Å². The lowest BCUT2D eigenvalue weighted by Crippen LogP contribution is -2.46. The van der Waals surface area contributed by atoms with E-state index in [1.165, 1.54) is 23.8 Å². The quantitative estimate of drug-likeness (QED) is 0.923. The Morgan fingerprint density at radius 3 is 2.42 bits per heavy atom. The van der Waals surface area contributed by atoms with Crippen LogP contribution in [-0.2, 0) is 11.3 Å². The van der Waals surface area contributed by atoms with Crippen molar-refractivity contribution in [1.29, 1.82) is 0 Å². The van der Waals surface area contributed by atoms with Gasteiger partial charge in [-0.05, 0) is 18.6 Å². The molecule has 0 heterocycles. The molecule has 0 aliphatic carbocycles. The van der Waals surface area contributed by atoms with Gasteiger partial charge >= 0.3 is 12.0 Å². The van der Waals surface area contributed by atoms with Gasteiger partial charge in [0.15, 0.2) is 0 Å². The summed E-state index contributed by atoms with van der Waals surface area (Å²) in [5.74, 6) is -1.04. The second-order valence-corrected chi connectivity index (χ2v) is 4.76. The van der Waals surface area contributed by atoms with Crippen molar-refractivity contribution in [3.05, 3.63) is 34.9 Å². The highest BCUT2D eigenvalue weighted by Crippen LogP contribution is 2.17. The van der Waals surface area contributed by atoms with Crippen molar-refractivity contribution < 1.29 is 14.7 Å². The highest BCUT2D eigenvalue weighted by atomic mass is 35.5. The molecular formula is C13H17ClN2O3. The van der Waals surface area contributed by atoms with Gasteiger partial charge in [0.05, 0.1) is 0 Å². The molecule has 1 N–H and O–H groups in total. The van der Waals surface area contributed by atoms with E-state index < -0.39 is 12.0 Å². The average Bonchev–Trinajstić information content (AvgIpc) is 2.38. The van der Waals surface area contributed by atoms with Gasteiger partial charge in [-0.2, -0.15) is 0 Å². The van der Waals surface area contributed by atoms with Crippen LogP contribution in [0, 0.1) is 0 Å². The van der Waals surface area contributed by atoms with E-state index in [2.05, 4.69) is 0 Å². The van der Waals surface area contributed by atoms with Crippen LogP contribution >= 0.6 is 11.6 Å². The number of aliphatic carboxylic acids is 1.